The first-order valence-electron chi connectivity index (χ1n) is 6.36. The van der Waals surface area contributed by atoms with Crippen LogP contribution in [0.15, 0.2) is 15.9 Å². The summed E-state index contributed by atoms with van der Waals surface area (Å²) in [5.74, 6) is -1.19. The highest BCUT2D eigenvalue weighted by Crippen LogP contribution is 2.28. The van der Waals surface area contributed by atoms with Crippen LogP contribution in [0.5, 0.6) is 0 Å². The van der Waals surface area contributed by atoms with Gasteiger partial charge in [0.25, 0.3) is 5.91 Å². The summed E-state index contributed by atoms with van der Waals surface area (Å²) in [6.07, 6.45) is 5.01. The van der Waals surface area contributed by atoms with E-state index in [0.717, 1.165) is 32.1 Å². The van der Waals surface area contributed by atoms with Gasteiger partial charge in [-0.1, -0.05) is 19.3 Å². The first kappa shape index (κ1) is 14.5. The molecule has 1 heterocycles. The van der Waals surface area contributed by atoms with Crippen LogP contribution in [-0.2, 0) is 4.79 Å². The van der Waals surface area contributed by atoms with Gasteiger partial charge < -0.3 is 10.4 Å². The van der Waals surface area contributed by atoms with Gasteiger partial charge in [-0.3, -0.25) is 4.79 Å². The summed E-state index contributed by atoms with van der Waals surface area (Å²) in [4.78, 5) is 24.0. The van der Waals surface area contributed by atoms with Gasteiger partial charge in [-0.2, -0.15) is 0 Å². The molecule has 1 saturated carbocycles. The molecule has 1 aliphatic rings. The van der Waals surface area contributed by atoms with E-state index in [4.69, 9.17) is 0 Å². The van der Waals surface area contributed by atoms with Crippen molar-refractivity contribution in [3.05, 3.63) is 20.8 Å². The Labute approximate surface area is 124 Å². The third-order valence-corrected chi connectivity index (χ3v) is 5.33. The second kappa shape index (κ2) is 6.52. The van der Waals surface area contributed by atoms with Crippen LogP contribution < -0.4 is 5.32 Å². The van der Waals surface area contributed by atoms with Gasteiger partial charge in [-0.25, -0.2) is 4.79 Å². The van der Waals surface area contributed by atoms with Gasteiger partial charge in [0, 0.05) is 4.47 Å². The molecule has 1 aromatic rings. The number of carbonyl (C=O) groups is 2. The summed E-state index contributed by atoms with van der Waals surface area (Å²) < 4.78 is 0.711. The largest absolute Gasteiger partial charge is 0.480 e. The van der Waals surface area contributed by atoms with E-state index in [2.05, 4.69) is 21.2 Å². The first-order chi connectivity index (χ1) is 9.09. The summed E-state index contributed by atoms with van der Waals surface area (Å²) in [6, 6.07) is 1.01. The van der Waals surface area contributed by atoms with Crippen LogP contribution in [0.1, 0.15) is 41.8 Å². The maximum absolute atomic E-state index is 12.1. The monoisotopic (exact) mass is 345 g/mol. The van der Waals surface area contributed by atoms with Gasteiger partial charge in [0.2, 0.25) is 0 Å². The minimum atomic E-state index is -0.937. The molecule has 0 bridgehead atoms. The number of aliphatic carboxylic acids is 1. The number of carboxylic acids is 1. The molecular weight excluding hydrogens is 330 g/mol. The normalized spacial score (nSPS) is 17.9. The Kier molecular flexibility index (Phi) is 4.99. The molecule has 6 heteroatoms. The fourth-order valence-electron chi connectivity index (χ4n) is 2.51. The van der Waals surface area contributed by atoms with E-state index in [1.165, 1.54) is 11.3 Å². The van der Waals surface area contributed by atoms with Crippen molar-refractivity contribution in [2.75, 3.05) is 0 Å². The lowest BCUT2D eigenvalue weighted by Gasteiger charge is -2.27. The highest BCUT2D eigenvalue weighted by molar-refractivity contribution is 9.10. The average Bonchev–Trinajstić information content (AvgIpc) is 2.82. The number of hydrogen-bond donors (Lipinski definition) is 2. The van der Waals surface area contributed by atoms with Crippen molar-refractivity contribution in [2.45, 2.75) is 38.1 Å². The number of thiophene rings is 1. The number of rotatable bonds is 4. The van der Waals surface area contributed by atoms with Crippen LogP contribution in [0.25, 0.3) is 0 Å². The fraction of sp³-hybridized carbons (Fsp3) is 0.538. The van der Waals surface area contributed by atoms with Crippen molar-refractivity contribution in [1.82, 2.24) is 5.32 Å². The lowest BCUT2D eigenvalue weighted by molar-refractivity contribution is -0.141. The third kappa shape index (κ3) is 3.57. The van der Waals surface area contributed by atoms with Crippen molar-refractivity contribution in [1.29, 1.82) is 0 Å². The van der Waals surface area contributed by atoms with Crippen LogP contribution >= 0.6 is 27.3 Å². The van der Waals surface area contributed by atoms with Gasteiger partial charge in [0.15, 0.2) is 0 Å². The Bertz CT molecular complexity index is 468. The highest BCUT2D eigenvalue weighted by Gasteiger charge is 2.31. The van der Waals surface area contributed by atoms with Crippen molar-refractivity contribution in [3.63, 3.8) is 0 Å². The zero-order chi connectivity index (χ0) is 13.8. The van der Waals surface area contributed by atoms with Crippen molar-refractivity contribution >= 4 is 39.1 Å². The molecule has 0 aromatic carbocycles. The Hall–Kier alpha value is -0.880. The summed E-state index contributed by atoms with van der Waals surface area (Å²) >= 11 is 4.60. The molecule has 0 aliphatic heterocycles. The maximum atomic E-state index is 12.1. The van der Waals surface area contributed by atoms with Gasteiger partial charge in [0.1, 0.15) is 10.9 Å². The second-order valence-corrected chi connectivity index (χ2v) is 6.56. The van der Waals surface area contributed by atoms with Crippen molar-refractivity contribution in [2.24, 2.45) is 5.92 Å². The number of carbonyl (C=O) groups excluding carboxylic acids is 1. The number of halogens is 1. The molecule has 1 unspecified atom stereocenters. The molecule has 19 heavy (non-hydrogen) atoms. The number of nitrogens with one attached hydrogen (secondary N) is 1. The molecule has 1 aliphatic carbocycles. The summed E-state index contributed by atoms with van der Waals surface area (Å²) in [5.41, 5.74) is 0. The van der Waals surface area contributed by atoms with Crippen LogP contribution in [0.3, 0.4) is 0 Å². The lowest BCUT2D eigenvalue weighted by atomic mass is 9.84. The van der Waals surface area contributed by atoms with Crippen molar-refractivity contribution in [3.8, 4) is 0 Å². The average molecular weight is 346 g/mol. The molecule has 2 rings (SSSR count). The van der Waals surface area contributed by atoms with E-state index in [1.54, 1.807) is 11.4 Å². The SMILES string of the molecule is O=C(NC(C(=O)O)C1CCCCC1)c1sccc1Br. The number of carboxylic acid groups (broad SMARTS) is 1. The predicted molar refractivity (Wildman–Crippen MR) is 77.5 cm³/mol. The quantitative estimate of drug-likeness (QED) is 0.879. The third-order valence-electron chi connectivity index (χ3n) is 3.50. The van der Waals surface area contributed by atoms with E-state index in [1.807, 2.05) is 0 Å². The lowest BCUT2D eigenvalue weighted by Crippen LogP contribution is -2.46. The Morgan fingerprint density at radius 1 is 1.37 bits per heavy atom. The predicted octanol–water partition coefficient (Wildman–Crippen LogP) is 3.27. The topological polar surface area (TPSA) is 66.4 Å². The molecule has 1 aromatic heterocycles. The number of hydrogen-bond acceptors (Lipinski definition) is 3. The van der Waals surface area contributed by atoms with Crippen molar-refractivity contribution < 1.29 is 14.7 Å². The van der Waals surface area contributed by atoms with E-state index < -0.39 is 12.0 Å². The van der Waals surface area contributed by atoms with Crippen LogP contribution in [0.4, 0.5) is 0 Å². The standard InChI is InChI=1S/C13H16BrNO3S/c14-9-6-7-19-11(9)12(16)15-10(13(17)18)8-4-2-1-3-5-8/h6-8,10H,1-5H2,(H,15,16)(H,17,18). The molecule has 1 atom stereocenters. The van der Waals surface area contributed by atoms with Gasteiger partial charge in [-0.05, 0) is 46.1 Å². The molecule has 4 nitrogen and oxygen atoms in total. The van der Waals surface area contributed by atoms with Crippen LogP contribution in [-0.4, -0.2) is 23.0 Å². The van der Waals surface area contributed by atoms with E-state index >= 15 is 0 Å². The molecule has 0 spiro atoms. The second-order valence-electron chi connectivity index (χ2n) is 4.79. The first-order valence-corrected chi connectivity index (χ1v) is 8.03. The maximum Gasteiger partial charge on any atom is 0.326 e. The smallest absolute Gasteiger partial charge is 0.326 e. The van der Waals surface area contributed by atoms with Gasteiger partial charge in [-0.15, -0.1) is 11.3 Å². The minimum absolute atomic E-state index is 0.0499. The van der Waals surface area contributed by atoms with Gasteiger partial charge >= 0.3 is 5.97 Å². The molecule has 1 fully saturated rings. The molecular formula is C13H16BrNO3S. The van der Waals surface area contributed by atoms with E-state index in [9.17, 15) is 14.7 Å². The summed E-state index contributed by atoms with van der Waals surface area (Å²) in [6.45, 7) is 0. The molecule has 2 N–H and O–H groups in total. The zero-order valence-corrected chi connectivity index (χ0v) is 12.8. The summed E-state index contributed by atoms with van der Waals surface area (Å²) in [5, 5.41) is 13.8. The Balaban J connectivity index is 2.06. The number of amides is 1. The Morgan fingerprint density at radius 2 is 2.05 bits per heavy atom. The molecule has 1 amide bonds. The minimum Gasteiger partial charge on any atom is -0.480 e. The molecule has 0 saturated heterocycles. The van der Waals surface area contributed by atoms with E-state index in [-0.39, 0.29) is 11.8 Å². The zero-order valence-electron chi connectivity index (χ0n) is 10.4. The highest BCUT2D eigenvalue weighted by atomic mass is 79.9. The molecule has 104 valence electrons. The Morgan fingerprint density at radius 3 is 2.58 bits per heavy atom. The fourth-order valence-corrected chi connectivity index (χ4v) is 3.97. The van der Waals surface area contributed by atoms with Crippen LogP contribution in [0.2, 0.25) is 0 Å². The van der Waals surface area contributed by atoms with Gasteiger partial charge in [0.05, 0.1) is 0 Å². The van der Waals surface area contributed by atoms with E-state index in [0.29, 0.717) is 9.35 Å². The van der Waals surface area contributed by atoms with Crippen LogP contribution in [0, 0.1) is 5.92 Å². The molecule has 0 radical (unpaired) electrons. The summed E-state index contributed by atoms with van der Waals surface area (Å²) in [7, 11) is 0.